The van der Waals surface area contributed by atoms with E-state index < -0.39 is 0 Å². The summed E-state index contributed by atoms with van der Waals surface area (Å²) in [4.78, 5) is 0. The first kappa shape index (κ1) is 15.4. The van der Waals surface area contributed by atoms with Gasteiger partial charge in [0.15, 0.2) is 0 Å². The molecule has 0 unspecified atom stereocenters. The summed E-state index contributed by atoms with van der Waals surface area (Å²) >= 11 is 5.95. The highest BCUT2D eigenvalue weighted by Crippen LogP contribution is 2.21. The van der Waals surface area contributed by atoms with E-state index in [-0.39, 0.29) is 0 Å². The molecule has 0 aliphatic rings. The molecule has 0 saturated carbocycles. The van der Waals surface area contributed by atoms with Crippen molar-refractivity contribution in [3.05, 3.63) is 64.7 Å². The van der Waals surface area contributed by atoms with Crippen LogP contribution in [0.15, 0.2) is 48.5 Å². The van der Waals surface area contributed by atoms with Crippen molar-refractivity contribution in [1.29, 1.82) is 5.26 Å². The number of ether oxygens (including phenoxy) is 1. The summed E-state index contributed by atoms with van der Waals surface area (Å²) in [5.74, 6) is 0.696. The zero-order valence-electron chi connectivity index (χ0n) is 11.7. The summed E-state index contributed by atoms with van der Waals surface area (Å²) in [5.41, 5.74) is 1.74. The first-order chi connectivity index (χ1) is 10.3. The molecule has 2 aromatic carbocycles. The Labute approximate surface area is 130 Å². The summed E-state index contributed by atoms with van der Waals surface area (Å²) < 4.78 is 5.60. The number of nitrogens with one attached hydrogen (secondary N) is 1. The molecule has 0 bridgehead atoms. The van der Waals surface area contributed by atoms with Crippen LogP contribution in [0.1, 0.15) is 17.5 Å². The lowest BCUT2D eigenvalue weighted by Crippen LogP contribution is -2.16. The Morgan fingerprint density at radius 1 is 1.14 bits per heavy atom. The van der Waals surface area contributed by atoms with Gasteiger partial charge in [0.1, 0.15) is 11.8 Å². The van der Waals surface area contributed by atoms with E-state index in [1.165, 1.54) is 5.56 Å². The Morgan fingerprint density at radius 2 is 1.95 bits per heavy atom. The molecule has 0 aromatic heterocycles. The molecule has 0 aliphatic heterocycles. The quantitative estimate of drug-likeness (QED) is 0.792. The van der Waals surface area contributed by atoms with Crippen LogP contribution >= 0.6 is 11.6 Å². The molecule has 1 N–H and O–H groups in total. The van der Waals surface area contributed by atoms with E-state index in [9.17, 15) is 0 Å². The van der Waals surface area contributed by atoms with E-state index in [4.69, 9.17) is 21.6 Å². The third-order valence-corrected chi connectivity index (χ3v) is 3.31. The predicted octanol–water partition coefficient (Wildman–Crippen LogP) is 3.77. The third kappa shape index (κ3) is 5.11. The molecule has 21 heavy (non-hydrogen) atoms. The molecule has 3 nitrogen and oxygen atoms in total. The Bertz CT molecular complexity index is 608. The molecule has 2 rings (SSSR count). The normalized spacial score (nSPS) is 10.1. The summed E-state index contributed by atoms with van der Waals surface area (Å²) in [6.07, 6.45) is 0.907. The van der Waals surface area contributed by atoms with Gasteiger partial charge in [-0.3, -0.25) is 0 Å². The first-order valence-corrected chi connectivity index (χ1v) is 7.24. The smallest absolute Gasteiger partial charge is 0.120 e. The average Bonchev–Trinajstić information content (AvgIpc) is 2.52. The van der Waals surface area contributed by atoms with E-state index in [0.717, 1.165) is 19.5 Å². The van der Waals surface area contributed by atoms with Crippen molar-refractivity contribution in [2.24, 2.45) is 0 Å². The maximum absolute atomic E-state index is 8.79. The van der Waals surface area contributed by atoms with E-state index in [2.05, 4.69) is 17.4 Å². The Morgan fingerprint density at radius 3 is 2.67 bits per heavy atom. The largest absolute Gasteiger partial charge is 0.493 e. The van der Waals surface area contributed by atoms with Crippen LogP contribution in [-0.2, 0) is 6.54 Å². The third-order valence-electron chi connectivity index (χ3n) is 3.00. The number of rotatable bonds is 7. The van der Waals surface area contributed by atoms with Crippen molar-refractivity contribution >= 4 is 11.6 Å². The van der Waals surface area contributed by atoms with Crippen LogP contribution in [0, 0.1) is 11.3 Å². The minimum absolute atomic E-state index is 0.428. The Balaban J connectivity index is 1.64. The second-order valence-electron chi connectivity index (χ2n) is 4.62. The van der Waals surface area contributed by atoms with Gasteiger partial charge >= 0.3 is 0 Å². The monoisotopic (exact) mass is 300 g/mol. The Hall–Kier alpha value is -2.02. The minimum Gasteiger partial charge on any atom is -0.493 e. The lowest BCUT2D eigenvalue weighted by Gasteiger charge is -2.08. The fourth-order valence-corrected chi connectivity index (χ4v) is 2.10. The molecular weight excluding hydrogens is 284 g/mol. The first-order valence-electron chi connectivity index (χ1n) is 6.86. The fraction of sp³-hybridized carbons (Fsp3) is 0.235. The molecular formula is C17H17ClN2O. The second kappa shape index (κ2) is 8.31. The summed E-state index contributed by atoms with van der Waals surface area (Å²) in [6, 6.07) is 17.4. The molecule has 0 heterocycles. The molecule has 0 amide bonds. The zero-order chi connectivity index (χ0) is 14.9. The lowest BCUT2D eigenvalue weighted by atomic mass is 10.2. The number of benzene rings is 2. The number of nitriles is 1. The molecule has 0 atom stereocenters. The van der Waals surface area contributed by atoms with Crippen LogP contribution in [-0.4, -0.2) is 13.2 Å². The van der Waals surface area contributed by atoms with E-state index >= 15 is 0 Å². The van der Waals surface area contributed by atoms with Gasteiger partial charge in [0.2, 0.25) is 0 Å². The molecule has 108 valence electrons. The van der Waals surface area contributed by atoms with Crippen molar-refractivity contribution in [1.82, 2.24) is 5.32 Å². The minimum atomic E-state index is 0.428. The molecule has 4 heteroatoms. The standard InChI is InChI=1S/C17H17ClN2O/c18-17-11-16(8-7-15(17)12-19)21-10-4-9-20-13-14-5-2-1-3-6-14/h1-3,5-8,11,20H,4,9-10,13H2. The van der Waals surface area contributed by atoms with Crippen LogP contribution in [0.4, 0.5) is 0 Å². The van der Waals surface area contributed by atoms with Crippen LogP contribution in [0.5, 0.6) is 5.75 Å². The SMILES string of the molecule is N#Cc1ccc(OCCCNCc2ccccc2)cc1Cl. The molecule has 2 aromatic rings. The lowest BCUT2D eigenvalue weighted by molar-refractivity contribution is 0.308. The van der Waals surface area contributed by atoms with Crippen molar-refractivity contribution in [3.8, 4) is 11.8 Å². The van der Waals surface area contributed by atoms with Gasteiger partial charge in [-0.1, -0.05) is 41.9 Å². The highest BCUT2D eigenvalue weighted by molar-refractivity contribution is 6.31. The van der Waals surface area contributed by atoms with Crippen molar-refractivity contribution in [2.45, 2.75) is 13.0 Å². The fourth-order valence-electron chi connectivity index (χ4n) is 1.89. The maximum atomic E-state index is 8.79. The van der Waals surface area contributed by atoms with Gasteiger partial charge in [0.05, 0.1) is 17.2 Å². The van der Waals surface area contributed by atoms with Crippen molar-refractivity contribution in [3.63, 3.8) is 0 Å². The number of halogens is 1. The van der Waals surface area contributed by atoms with Crippen LogP contribution in [0.25, 0.3) is 0 Å². The topological polar surface area (TPSA) is 45.0 Å². The van der Waals surface area contributed by atoms with E-state index in [0.29, 0.717) is 22.9 Å². The molecule has 0 aliphatic carbocycles. The van der Waals surface area contributed by atoms with Gasteiger partial charge < -0.3 is 10.1 Å². The molecule has 0 saturated heterocycles. The predicted molar refractivity (Wildman–Crippen MR) is 84.4 cm³/mol. The van der Waals surface area contributed by atoms with Crippen LogP contribution in [0.3, 0.4) is 0 Å². The van der Waals surface area contributed by atoms with Gasteiger partial charge in [-0.05, 0) is 30.7 Å². The van der Waals surface area contributed by atoms with Gasteiger partial charge in [-0.25, -0.2) is 0 Å². The van der Waals surface area contributed by atoms with Gasteiger partial charge in [-0.2, -0.15) is 5.26 Å². The van der Waals surface area contributed by atoms with Gasteiger partial charge in [-0.15, -0.1) is 0 Å². The van der Waals surface area contributed by atoms with Crippen molar-refractivity contribution < 1.29 is 4.74 Å². The van der Waals surface area contributed by atoms with Crippen molar-refractivity contribution in [2.75, 3.05) is 13.2 Å². The average molecular weight is 301 g/mol. The summed E-state index contributed by atoms with van der Waals surface area (Å²) in [6.45, 7) is 2.37. The number of hydrogen-bond donors (Lipinski definition) is 1. The molecule has 0 fully saturated rings. The molecule has 0 radical (unpaired) electrons. The molecule has 0 spiro atoms. The maximum Gasteiger partial charge on any atom is 0.120 e. The highest BCUT2D eigenvalue weighted by Gasteiger charge is 2.01. The van der Waals surface area contributed by atoms with Crippen LogP contribution < -0.4 is 10.1 Å². The van der Waals surface area contributed by atoms with Crippen LogP contribution in [0.2, 0.25) is 5.02 Å². The second-order valence-corrected chi connectivity index (χ2v) is 5.03. The highest BCUT2D eigenvalue weighted by atomic mass is 35.5. The number of hydrogen-bond acceptors (Lipinski definition) is 3. The van der Waals surface area contributed by atoms with Gasteiger partial charge in [0.25, 0.3) is 0 Å². The van der Waals surface area contributed by atoms with E-state index in [1.807, 2.05) is 24.3 Å². The van der Waals surface area contributed by atoms with E-state index in [1.54, 1.807) is 18.2 Å². The Kier molecular flexibility index (Phi) is 6.08. The van der Waals surface area contributed by atoms with Gasteiger partial charge in [0, 0.05) is 12.6 Å². The zero-order valence-corrected chi connectivity index (χ0v) is 12.4. The summed E-state index contributed by atoms with van der Waals surface area (Å²) in [5, 5.41) is 12.6. The summed E-state index contributed by atoms with van der Waals surface area (Å²) in [7, 11) is 0. The number of nitrogens with zero attached hydrogens (tertiary/aromatic N) is 1.